The molecule has 0 aliphatic carbocycles. The van der Waals surface area contributed by atoms with Crippen molar-refractivity contribution in [2.45, 2.75) is 44.7 Å². The Morgan fingerprint density at radius 3 is 2.48 bits per heavy atom. The van der Waals surface area contributed by atoms with Crippen molar-refractivity contribution in [2.75, 3.05) is 19.6 Å². The monoisotopic (exact) mass is 398 g/mol. The summed E-state index contributed by atoms with van der Waals surface area (Å²) >= 11 is 0. The number of nitrogens with zero attached hydrogens (tertiary/aromatic N) is 2. The molecule has 2 fully saturated rings. The summed E-state index contributed by atoms with van der Waals surface area (Å²) in [6, 6.07) is 4.37. The van der Waals surface area contributed by atoms with E-state index in [1.54, 1.807) is 12.1 Å². The van der Waals surface area contributed by atoms with Gasteiger partial charge in [-0.1, -0.05) is 12.1 Å². The smallest absolute Gasteiger partial charge is 0.262 e. The summed E-state index contributed by atoms with van der Waals surface area (Å²) in [5.41, 5.74) is 7.21. The van der Waals surface area contributed by atoms with Gasteiger partial charge in [0.15, 0.2) is 0 Å². The highest BCUT2D eigenvalue weighted by atomic mass is 16.2. The van der Waals surface area contributed by atoms with Crippen molar-refractivity contribution in [2.24, 2.45) is 11.7 Å². The number of nitrogens with two attached hydrogens (primary N) is 1. The molecule has 8 nitrogen and oxygen atoms in total. The molecule has 3 heterocycles. The Labute approximate surface area is 169 Å². The van der Waals surface area contributed by atoms with E-state index in [2.05, 4.69) is 10.2 Å². The Balaban J connectivity index is 1.52. The van der Waals surface area contributed by atoms with Crippen LogP contribution >= 0.6 is 0 Å². The maximum absolute atomic E-state index is 13.1. The molecule has 3 N–H and O–H groups in total. The summed E-state index contributed by atoms with van der Waals surface area (Å²) in [5, 5.41) is 2.23. The van der Waals surface area contributed by atoms with Crippen LogP contribution in [0.5, 0.6) is 0 Å². The lowest BCUT2D eigenvalue weighted by Crippen LogP contribution is -2.54. The van der Waals surface area contributed by atoms with Crippen LogP contribution in [0.15, 0.2) is 18.2 Å². The summed E-state index contributed by atoms with van der Waals surface area (Å²) in [4.78, 5) is 53.0. The Kier molecular flexibility index (Phi) is 5.47. The van der Waals surface area contributed by atoms with E-state index in [0.29, 0.717) is 30.1 Å². The molecule has 1 atom stereocenters. The molecule has 2 saturated heterocycles. The number of nitrogens with one attached hydrogen (secondary N) is 1. The van der Waals surface area contributed by atoms with Gasteiger partial charge in [-0.15, -0.1) is 0 Å². The Morgan fingerprint density at radius 1 is 1.03 bits per heavy atom. The first kappa shape index (κ1) is 19.7. The van der Waals surface area contributed by atoms with Gasteiger partial charge < -0.3 is 5.73 Å². The highest BCUT2D eigenvalue weighted by molar-refractivity contribution is 6.24. The van der Waals surface area contributed by atoms with Crippen LogP contribution in [0.3, 0.4) is 0 Å². The number of rotatable bonds is 5. The van der Waals surface area contributed by atoms with Crippen LogP contribution in [-0.2, 0) is 16.1 Å². The number of carbonyl (C=O) groups is 4. The van der Waals surface area contributed by atoms with Gasteiger partial charge in [0, 0.05) is 13.0 Å². The zero-order valence-electron chi connectivity index (χ0n) is 16.4. The first-order valence-electron chi connectivity index (χ1n) is 10.3. The second-order valence-corrected chi connectivity index (χ2v) is 8.08. The second kappa shape index (κ2) is 8.04. The zero-order valence-corrected chi connectivity index (χ0v) is 16.4. The number of hydrogen-bond acceptors (Lipinski definition) is 6. The van der Waals surface area contributed by atoms with Crippen molar-refractivity contribution < 1.29 is 19.2 Å². The van der Waals surface area contributed by atoms with Crippen molar-refractivity contribution >= 4 is 23.6 Å². The quantitative estimate of drug-likeness (QED) is 0.704. The summed E-state index contributed by atoms with van der Waals surface area (Å²) in [7, 11) is 0. The minimum absolute atomic E-state index is 0.119. The molecule has 29 heavy (non-hydrogen) atoms. The fraction of sp³-hybridized carbons (Fsp3) is 0.524. The molecular weight excluding hydrogens is 372 g/mol. The third kappa shape index (κ3) is 3.70. The fourth-order valence-corrected chi connectivity index (χ4v) is 4.63. The number of carbonyl (C=O) groups excluding carboxylic acids is 4. The topological polar surface area (TPSA) is 113 Å². The van der Waals surface area contributed by atoms with E-state index in [9.17, 15) is 19.2 Å². The molecule has 1 aromatic carbocycles. The zero-order chi connectivity index (χ0) is 20.5. The van der Waals surface area contributed by atoms with Gasteiger partial charge in [-0.2, -0.15) is 0 Å². The summed E-state index contributed by atoms with van der Waals surface area (Å²) in [5.74, 6) is -1.19. The molecule has 0 spiro atoms. The maximum Gasteiger partial charge on any atom is 0.262 e. The molecule has 1 aromatic rings. The van der Waals surface area contributed by atoms with E-state index in [1.807, 2.05) is 6.07 Å². The van der Waals surface area contributed by atoms with Gasteiger partial charge in [0.1, 0.15) is 6.04 Å². The van der Waals surface area contributed by atoms with Crippen LogP contribution in [0.2, 0.25) is 0 Å². The SMILES string of the molecule is NCCC1CCN(Cc2cccc3c2C(=O)N(C2CCC(=O)NC2=O)C3=O)CC1. The minimum atomic E-state index is -0.931. The van der Waals surface area contributed by atoms with Gasteiger partial charge in [-0.3, -0.25) is 34.3 Å². The number of piperidine rings is 2. The van der Waals surface area contributed by atoms with Crippen LogP contribution in [-0.4, -0.2) is 59.1 Å². The van der Waals surface area contributed by atoms with Gasteiger partial charge >= 0.3 is 0 Å². The summed E-state index contributed by atoms with van der Waals surface area (Å²) < 4.78 is 0. The van der Waals surface area contributed by atoms with Crippen molar-refractivity contribution in [1.82, 2.24) is 15.1 Å². The van der Waals surface area contributed by atoms with Gasteiger partial charge in [0.05, 0.1) is 11.1 Å². The van der Waals surface area contributed by atoms with Gasteiger partial charge in [0.25, 0.3) is 11.8 Å². The third-order valence-electron chi connectivity index (χ3n) is 6.23. The van der Waals surface area contributed by atoms with Gasteiger partial charge in [-0.25, -0.2) is 0 Å². The standard InChI is InChI=1S/C21H26N4O4/c22-9-6-13-7-10-24(11-8-13)12-14-2-1-3-15-18(14)21(29)25(20(15)28)16-4-5-17(26)23-19(16)27/h1-3,13,16H,4-12,22H2,(H,23,26,27). The molecule has 154 valence electrons. The fourth-order valence-electron chi connectivity index (χ4n) is 4.63. The van der Waals surface area contributed by atoms with E-state index in [-0.39, 0.29) is 18.7 Å². The lowest BCUT2D eigenvalue weighted by Gasteiger charge is -2.32. The Hall–Kier alpha value is -2.58. The van der Waals surface area contributed by atoms with E-state index in [4.69, 9.17) is 5.73 Å². The lowest BCUT2D eigenvalue weighted by atomic mass is 9.93. The lowest BCUT2D eigenvalue weighted by molar-refractivity contribution is -0.136. The number of benzene rings is 1. The predicted octanol–water partition coefficient (Wildman–Crippen LogP) is 0.649. The first-order valence-corrected chi connectivity index (χ1v) is 10.3. The number of imide groups is 2. The predicted molar refractivity (Wildman–Crippen MR) is 105 cm³/mol. The van der Waals surface area contributed by atoms with Crippen LogP contribution in [0.4, 0.5) is 0 Å². The molecule has 8 heteroatoms. The first-order chi connectivity index (χ1) is 14.0. The second-order valence-electron chi connectivity index (χ2n) is 8.08. The van der Waals surface area contributed by atoms with Crippen molar-refractivity contribution in [3.05, 3.63) is 34.9 Å². The molecule has 4 rings (SSSR count). The average Bonchev–Trinajstić information content (AvgIpc) is 2.95. The molecule has 0 aromatic heterocycles. The van der Waals surface area contributed by atoms with Crippen LogP contribution in [0.25, 0.3) is 0 Å². The molecule has 1 unspecified atom stereocenters. The van der Waals surface area contributed by atoms with E-state index >= 15 is 0 Å². The largest absolute Gasteiger partial charge is 0.330 e. The maximum atomic E-state index is 13.1. The number of likely N-dealkylation sites (tertiary alicyclic amines) is 1. The number of hydrogen-bond donors (Lipinski definition) is 2. The third-order valence-corrected chi connectivity index (χ3v) is 6.23. The number of fused-ring (bicyclic) bond motifs is 1. The molecule has 3 aliphatic rings. The van der Waals surface area contributed by atoms with E-state index in [0.717, 1.165) is 42.8 Å². The molecule has 0 radical (unpaired) electrons. The van der Waals surface area contributed by atoms with E-state index < -0.39 is 23.8 Å². The molecule has 4 amide bonds. The average molecular weight is 398 g/mol. The molecule has 3 aliphatic heterocycles. The number of amides is 4. The Bertz CT molecular complexity index is 860. The van der Waals surface area contributed by atoms with Crippen molar-refractivity contribution in [3.8, 4) is 0 Å². The molecular formula is C21H26N4O4. The summed E-state index contributed by atoms with van der Waals surface area (Å²) in [6.45, 7) is 3.19. The van der Waals surface area contributed by atoms with Crippen LogP contribution in [0.1, 0.15) is 58.4 Å². The van der Waals surface area contributed by atoms with Crippen LogP contribution in [0, 0.1) is 5.92 Å². The highest BCUT2D eigenvalue weighted by Gasteiger charge is 2.45. The highest BCUT2D eigenvalue weighted by Crippen LogP contribution is 2.31. The Morgan fingerprint density at radius 2 is 1.79 bits per heavy atom. The minimum Gasteiger partial charge on any atom is -0.330 e. The van der Waals surface area contributed by atoms with Crippen molar-refractivity contribution in [3.63, 3.8) is 0 Å². The van der Waals surface area contributed by atoms with Gasteiger partial charge in [0.2, 0.25) is 11.8 Å². The van der Waals surface area contributed by atoms with Crippen molar-refractivity contribution in [1.29, 1.82) is 0 Å². The van der Waals surface area contributed by atoms with Crippen LogP contribution < -0.4 is 11.1 Å². The van der Waals surface area contributed by atoms with E-state index in [1.165, 1.54) is 0 Å². The molecule has 0 bridgehead atoms. The normalized spacial score (nSPS) is 23.5. The summed E-state index contributed by atoms with van der Waals surface area (Å²) in [6.07, 6.45) is 3.50. The molecule has 0 saturated carbocycles. The van der Waals surface area contributed by atoms with Gasteiger partial charge in [-0.05, 0) is 62.9 Å².